The molecule has 19 heavy (non-hydrogen) atoms. The van der Waals surface area contributed by atoms with Crippen LogP contribution in [0.1, 0.15) is 50.6 Å². The summed E-state index contributed by atoms with van der Waals surface area (Å²) in [5.41, 5.74) is 1.34. The average molecular weight is 259 g/mol. The maximum atomic E-state index is 5.82. The van der Waals surface area contributed by atoms with E-state index in [0.29, 0.717) is 12.0 Å². The van der Waals surface area contributed by atoms with Gasteiger partial charge in [0.25, 0.3) is 0 Å². The van der Waals surface area contributed by atoms with Crippen LogP contribution in [0.4, 0.5) is 0 Å². The van der Waals surface area contributed by atoms with Gasteiger partial charge < -0.3 is 10.1 Å². The molecule has 2 nitrogen and oxygen atoms in total. The van der Waals surface area contributed by atoms with Crippen molar-refractivity contribution in [1.82, 2.24) is 5.32 Å². The van der Waals surface area contributed by atoms with Crippen molar-refractivity contribution in [2.24, 2.45) is 11.8 Å². The quantitative estimate of drug-likeness (QED) is 0.888. The Morgan fingerprint density at radius 3 is 2.79 bits per heavy atom. The summed E-state index contributed by atoms with van der Waals surface area (Å²) in [7, 11) is 0. The highest BCUT2D eigenvalue weighted by molar-refractivity contribution is 5.37. The van der Waals surface area contributed by atoms with Gasteiger partial charge >= 0.3 is 0 Å². The van der Waals surface area contributed by atoms with Crippen molar-refractivity contribution in [1.29, 1.82) is 0 Å². The van der Waals surface area contributed by atoms with Crippen LogP contribution in [0.3, 0.4) is 0 Å². The maximum Gasteiger partial charge on any atom is 0.124 e. The van der Waals surface area contributed by atoms with Gasteiger partial charge in [0.05, 0.1) is 6.61 Å². The Morgan fingerprint density at radius 2 is 1.95 bits per heavy atom. The Labute approximate surface area is 116 Å². The first-order valence-corrected chi connectivity index (χ1v) is 7.79. The van der Waals surface area contributed by atoms with Crippen LogP contribution < -0.4 is 10.1 Å². The van der Waals surface area contributed by atoms with Gasteiger partial charge in [-0.25, -0.2) is 0 Å². The molecule has 0 spiro atoms. The Morgan fingerprint density at radius 1 is 1.16 bits per heavy atom. The van der Waals surface area contributed by atoms with E-state index in [1.165, 1.54) is 44.2 Å². The molecule has 1 aromatic rings. The molecule has 1 aliphatic carbocycles. The zero-order valence-corrected chi connectivity index (χ0v) is 11.9. The molecule has 0 amide bonds. The number of nitrogens with one attached hydrogen (secondary N) is 1. The summed E-state index contributed by atoms with van der Waals surface area (Å²) >= 11 is 0. The molecule has 1 fully saturated rings. The average Bonchev–Trinajstić information content (AvgIpc) is 2.47. The maximum absolute atomic E-state index is 5.82. The van der Waals surface area contributed by atoms with Crippen LogP contribution in [-0.4, -0.2) is 13.2 Å². The van der Waals surface area contributed by atoms with Crippen molar-refractivity contribution in [3.05, 3.63) is 29.8 Å². The third-order valence-corrected chi connectivity index (χ3v) is 4.68. The largest absolute Gasteiger partial charge is 0.493 e. The van der Waals surface area contributed by atoms with Crippen LogP contribution in [0.25, 0.3) is 0 Å². The molecular weight excluding hydrogens is 234 g/mol. The summed E-state index contributed by atoms with van der Waals surface area (Å²) in [5.74, 6) is 2.51. The molecule has 3 rings (SSSR count). The molecule has 1 saturated carbocycles. The van der Waals surface area contributed by atoms with Crippen LogP contribution >= 0.6 is 0 Å². The lowest BCUT2D eigenvalue weighted by atomic mass is 9.87. The standard InChI is InChI=1S/C17H25NO/c1-13-12-19-16-10-6-5-9-15(16)17(13)18-11-14-7-3-2-4-8-14/h5-6,9-10,13-14,17-18H,2-4,7-8,11-12H2,1H3. The predicted molar refractivity (Wildman–Crippen MR) is 78.4 cm³/mol. The summed E-state index contributed by atoms with van der Waals surface area (Å²) in [4.78, 5) is 0. The molecule has 2 aliphatic rings. The van der Waals surface area contributed by atoms with E-state index in [0.717, 1.165) is 18.3 Å². The predicted octanol–water partition coefficient (Wildman–Crippen LogP) is 3.93. The van der Waals surface area contributed by atoms with Crippen molar-refractivity contribution in [2.45, 2.75) is 45.1 Å². The molecule has 0 bridgehead atoms. The monoisotopic (exact) mass is 259 g/mol. The summed E-state index contributed by atoms with van der Waals surface area (Å²) in [6.07, 6.45) is 7.10. The molecule has 1 N–H and O–H groups in total. The van der Waals surface area contributed by atoms with Crippen molar-refractivity contribution in [3.63, 3.8) is 0 Å². The van der Waals surface area contributed by atoms with E-state index in [9.17, 15) is 0 Å². The van der Waals surface area contributed by atoms with Gasteiger partial charge in [-0.15, -0.1) is 0 Å². The van der Waals surface area contributed by atoms with Crippen molar-refractivity contribution < 1.29 is 4.74 Å². The number of benzene rings is 1. The van der Waals surface area contributed by atoms with Crippen LogP contribution in [0.5, 0.6) is 5.75 Å². The van der Waals surface area contributed by atoms with Gasteiger partial charge in [-0.3, -0.25) is 0 Å². The van der Waals surface area contributed by atoms with Crippen molar-refractivity contribution in [2.75, 3.05) is 13.2 Å². The fraction of sp³-hybridized carbons (Fsp3) is 0.647. The lowest BCUT2D eigenvalue weighted by Gasteiger charge is -2.34. The van der Waals surface area contributed by atoms with E-state index in [2.05, 4.69) is 36.5 Å². The van der Waals surface area contributed by atoms with Gasteiger partial charge in [-0.1, -0.05) is 44.4 Å². The molecule has 2 heteroatoms. The fourth-order valence-corrected chi connectivity index (χ4v) is 3.49. The summed E-state index contributed by atoms with van der Waals surface area (Å²) < 4.78 is 5.82. The van der Waals surface area contributed by atoms with Crippen LogP contribution in [0.15, 0.2) is 24.3 Å². The zero-order chi connectivity index (χ0) is 13.1. The van der Waals surface area contributed by atoms with Crippen LogP contribution in [0, 0.1) is 11.8 Å². The van der Waals surface area contributed by atoms with Gasteiger partial charge in [0, 0.05) is 17.5 Å². The second-order valence-electron chi connectivity index (χ2n) is 6.22. The van der Waals surface area contributed by atoms with E-state index in [1.807, 2.05) is 0 Å². The fourth-order valence-electron chi connectivity index (χ4n) is 3.49. The first kappa shape index (κ1) is 13.0. The highest BCUT2D eigenvalue weighted by atomic mass is 16.5. The molecule has 2 atom stereocenters. The molecule has 1 aliphatic heterocycles. The second-order valence-corrected chi connectivity index (χ2v) is 6.22. The number of fused-ring (bicyclic) bond motifs is 1. The third-order valence-electron chi connectivity index (χ3n) is 4.68. The van der Waals surface area contributed by atoms with E-state index in [1.54, 1.807) is 0 Å². The number of hydrogen-bond acceptors (Lipinski definition) is 2. The van der Waals surface area contributed by atoms with Gasteiger partial charge in [0.2, 0.25) is 0 Å². The Bertz CT molecular complexity index is 411. The molecule has 1 aromatic carbocycles. The topological polar surface area (TPSA) is 21.3 Å². The normalized spacial score (nSPS) is 27.6. The number of hydrogen-bond donors (Lipinski definition) is 1. The van der Waals surface area contributed by atoms with Crippen molar-refractivity contribution >= 4 is 0 Å². The molecule has 0 aromatic heterocycles. The summed E-state index contributed by atoms with van der Waals surface area (Å²) in [6, 6.07) is 8.95. The molecule has 0 radical (unpaired) electrons. The molecular formula is C17H25NO. The van der Waals surface area contributed by atoms with Gasteiger partial charge in [0.15, 0.2) is 0 Å². The van der Waals surface area contributed by atoms with Crippen molar-refractivity contribution in [3.8, 4) is 5.75 Å². The Balaban J connectivity index is 1.65. The molecule has 104 valence electrons. The number of ether oxygens (including phenoxy) is 1. The summed E-state index contributed by atoms with van der Waals surface area (Å²) in [6.45, 7) is 4.29. The van der Waals surface area contributed by atoms with Crippen LogP contribution in [0.2, 0.25) is 0 Å². The lowest BCUT2D eigenvalue weighted by Crippen LogP contribution is -2.36. The second kappa shape index (κ2) is 5.96. The Hall–Kier alpha value is -1.02. The first-order valence-electron chi connectivity index (χ1n) is 7.79. The minimum absolute atomic E-state index is 0.465. The number of rotatable bonds is 3. The number of para-hydroxylation sites is 1. The molecule has 1 heterocycles. The van der Waals surface area contributed by atoms with Gasteiger partial charge in [-0.2, -0.15) is 0 Å². The Kier molecular flexibility index (Phi) is 4.07. The highest BCUT2D eigenvalue weighted by Crippen LogP contribution is 2.35. The van der Waals surface area contributed by atoms with Crippen LogP contribution in [-0.2, 0) is 0 Å². The minimum Gasteiger partial charge on any atom is -0.493 e. The van der Waals surface area contributed by atoms with Gasteiger partial charge in [-0.05, 0) is 31.4 Å². The van der Waals surface area contributed by atoms with E-state index in [4.69, 9.17) is 4.74 Å². The van der Waals surface area contributed by atoms with E-state index >= 15 is 0 Å². The lowest BCUT2D eigenvalue weighted by molar-refractivity contribution is 0.181. The zero-order valence-electron chi connectivity index (χ0n) is 11.9. The smallest absolute Gasteiger partial charge is 0.124 e. The third kappa shape index (κ3) is 2.94. The highest BCUT2D eigenvalue weighted by Gasteiger charge is 2.28. The minimum atomic E-state index is 0.465. The van der Waals surface area contributed by atoms with Gasteiger partial charge in [0.1, 0.15) is 5.75 Å². The van der Waals surface area contributed by atoms with E-state index < -0.39 is 0 Å². The SMILES string of the molecule is CC1COc2ccccc2C1NCC1CCCCC1. The molecule has 0 saturated heterocycles. The summed E-state index contributed by atoms with van der Waals surface area (Å²) in [5, 5.41) is 3.82. The molecule has 2 unspecified atom stereocenters. The first-order chi connectivity index (χ1) is 9.34. The van der Waals surface area contributed by atoms with E-state index in [-0.39, 0.29) is 0 Å².